The molecule has 0 spiro atoms. The molecule has 0 saturated heterocycles. The summed E-state index contributed by atoms with van der Waals surface area (Å²) in [6.45, 7) is 6.60. The number of anilines is 1. The van der Waals surface area contributed by atoms with Gasteiger partial charge in [0.2, 0.25) is 5.78 Å². The van der Waals surface area contributed by atoms with Gasteiger partial charge < -0.3 is 9.30 Å². The smallest absolute Gasteiger partial charge is 0.414 e. The average molecular weight is 578 g/mol. The van der Waals surface area contributed by atoms with E-state index in [1.165, 1.54) is 56.0 Å². The maximum atomic E-state index is 13.6. The third kappa shape index (κ3) is 7.10. The summed E-state index contributed by atoms with van der Waals surface area (Å²) in [6.07, 6.45) is 1.54. The number of halogens is 2. The van der Waals surface area contributed by atoms with E-state index < -0.39 is 38.7 Å². The summed E-state index contributed by atoms with van der Waals surface area (Å²) >= 11 is 6.12. The van der Waals surface area contributed by atoms with Crippen LogP contribution < -0.4 is 10.5 Å². The maximum Gasteiger partial charge on any atom is 0.414 e. The SMILES string of the molecule is CCS(=O)(=O)Cc1ccc(C(=O)c2ncc(F)cc2Cl)c(-c2cn(C)c(=O)cc2N(C)C(=O)OC(C)(C)C)c1. The van der Waals surface area contributed by atoms with E-state index in [0.29, 0.717) is 5.56 Å². The van der Waals surface area contributed by atoms with Gasteiger partial charge in [0, 0.05) is 43.2 Å². The van der Waals surface area contributed by atoms with Crippen LogP contribution in [-0.2, 0) is 27.4 Å². The number of benzene rings is 1. The number of sulfone groups is 1. The van der Waals surface area contributed by atoms with Crippen molar-refractivity contribution in [2.75, 3.05) is 17.7 Å². The van der Waals surface area contributed by atoms with Gasteiger partial charge in [-0.2, -0.15) is 0 Å². The number of aryl methyl sites for hydroxylation is 1. The summed E-state index contributed by atoms with van der Waals surface area (Å²) in [7, 11) is -0.534. The van der Waals surface area contributed by atoms with Crippen molar-refractivity contribution in [2.24, 2.45) is 7.05 Å². The second kappa shape index (κ2) is 11.3. The van der Waals surface area contributed by atoms with Crippen LogP contribution in [0.15, 0.2) is 47.5 Å². The molecule has 0 bridgehead atoms. The van der Waals surface area contributed by atoms with Crippen molar-refractivity contribution in [3.63, 3.8) is 0 Å². The molecule has 0 aliphatic heterocycles. The highest BCUT2D eigenvalue weighted by molar-refractivity contribution is 7.90. The van der Waals surface area contributed by atoms with Gasteiger partial charge >= 0.3 is 6.09 Å². The molecule has 0 aliphatic rings. The lowest BCUT2D eigenvalue weighted by molar-refractivity contribution is 0.0589. The van der Waals surface area contributed by atoms with Gasteiger partial charge in [0.15, 0.2) is 9.84 Å². The van der Waals surface area contributed by atoms with Gasteiger partial charge in [0.1, 0.15) is 17.1 Å². The summed E-state index contributed by atoms with van der Waals surface area (Å²) in [4.78, 5) is 44.2. The molecule has 0 unspecified atom stereocenters. The molecule has 0 saturated carbocycles. The van der Waals surface area contributed by atoms with Gasteiger partial charge in [-0.05, 0) is 44.0 Å². The highest BCUT2D eigenvalue weighted by atomic mass is 35.5. The quantitative estimate of drug-likeness (QED) is 0.371. The number of amides is 1. The van der Waals surface area contributed by atoms with Crippen LogP contribution >= 0.6 is 11.6 Å². The second-order valence-electron chi connectivity index (χ2n) is 9.93. The lowest BCUT2D eigenvalue weighted by atomic mass is 9.93. The number of rotatable bonds is 7. The predicted molar refractivity (Wildman–Crippen MR) is 148 cm³/mol. The van der Waals surface area contributed by atoms with Crippen molar-refractivity contribution in [3.05, 3.63) is 80.7 Å². The second-order valence-corrected chi connectivity index (χ2v) is 12.7. The van der Waals surface area contributed by atoms with E-state index in [1.807, 2.05) is 0 Å². The van der Waals surface area contributed by atoms with E-state index in [2.05, 4.69) is 4.98 Å². The number of hydrogen-bond donors (Lipinski definition) is 0. The van der Waals surface area contributed by atoms with E-state index in [4.69, 9.17) is 16.3 Å². The number of ether oxygens (including phenoxy) is 1. The molecule has 2 aromatic heterocycles. The van der Waals surface area contributed by atoms with Crippen LogP contribution in [-0.4, -0.2) is 48.2 Å². The molecule has 0 atom stereocenters. The summed E-state index contributed by atoms with van der Waals surface area (Å²) < 4.78 is 45.1. The molecule has 12 heteroatoms. The minimum Gasteiger partial charge on any atom is -0.443 e. The Kier molecular flexibility index (Phi) is 8.66. The number of carbonyl (C=O) groups is 2. The Balaban J connectivity index is 2.32. The van der Waals surface area contributed by atoms with Gasteiger partial charge in [-0.15, -0.1) is 0 Å². The van der Waals surface area contributed by atoms with E-state index in [0.717, 1.165) is 17.2 Å². The first kappa shape index (κ1) is 30.0. The molecule has 1 aromatic carbocycles. The molecule has 208 valence electrons. The van der Waals surface area contributed by atoms with Crippen LogP contribution in [0, 0.1) is 5.82 Å². The fourth-order valence-corrected chi connectivity index (χ4v) is 4.83. The van der Waals surface area contributed by atoms with Crippen molar-refractivity contribution < 1.29 is 27.1 Å². The molecule has 3 rings (SSSR count). The highest BCUT2D eigenvalue weighted by Crippen LogP contribution is 2.35. The van der Waals surface area contributed by atoms with Crippen LogP contribution in [0.2, 0.25) is 5.02 Å². The summed E-state index contributed by atoms with van der Waals surface area (Å²) in [6, 6.07) is 6.58. The third-order valence-electron chi connectivity index (χ3n) is 5.70. The van der Waals surface area contributed by atoms with E-state index in [1.54, 1.807) is 20.8 Å². The van der Waals surface area contributed by atoms with Crippen LogP contribution in [0.4, 0.5) is 14.9 Å². The highest BCUT2D eigenvalue weighted by Gasteiger charge is 2.27. The molecule has 0 aliphatic carbocycles. The van der Waals surface area contributed by atoms with E-state index in [-0.39, 0.29) is 44.6 Å². The first-order valence-corrected chi connectivity index (χ1v) is 14.1. The summed E-state index contributed by atoms with van der Waals surface area (Å²) in [5.41, 5.74) is -0.464. The molecule has 39 heavy (non-hydrogen) atoms. The Morgan fingerprint density at radius 3 is 2.41 bits per heavy atom. The summed E-state index contributed by atoms with van der Waals surface area (Å²) in [5, 5.41) is -0.213. The van der Waals surface area contributed by atoms with Crippen LogP contribution in [0.3, 0.4) is 0 Å². The van der Waals surface area contributed by atoms with E-state index in [9.17, 15) is 27.2 Å². The van der Waals surface area contributed by atoms with E-state index >= 15 is 0 Å². The van der Waals surface area contributed by atoms with Crippen molar-refractivity contribution >= 4 is 39.0 Å². The molecule has 0 fully saturated rings. The number of aromatic nitrogens is 2. The minimum absolute atomic E-state index is 0.0474. The Labute approximate surface area is 231 Å². The fourth-order valence-electron chi connectivity index (χ4n) is 3.70. The minimum atomic E-state index is -3.44. The standard InChI is InChI=1S/C27H29ClFN3O6S/c1-7-39(36,37)15-16-8-9-18(25(34)24-21(28)11-17(29)13-30-24)19(10-16)20-14-31(5)23(33)12-22(20)32(6)26(35)38-27(2,3)4/h8-14H,7,15H2,1-6H3. The summed E-state index contributed by atoms with van der Waals surface area (Å²) in [5.74, 6) is -1.79. The molecule has 1 amide bonds. The molecule has 2 heterocycles. The van der Waals surface area contributed by atoms with Crippen LogP contribution in [0.5, 0.6) is 0 Å². The van der Waals surface area contributed by atoms with Crippen molar-refractivity contribution in [2.45, 2.75) is 39.0 Å². The lowest BCUT2D eigenvalue weighted by Crippen LogP contribution is -2.35. The molecule has 0 N–H and O–H groups in total. The first-order chi connectivity index (χ1) is 18.0. The third-order valence-corrected chi connectivity index (χ3v) is 7.64. The van der Waals surface area contributed by atoms with Crippen molar-refractivity contribution in [3.8, 4) is 11.1 Å². The monoisotopic (exact) mass is 577 g/mol. The Hall–Kier alpha value is -3.57. The maximum absolute atomic E-state index is 13.6. The molecule has 9 nitrogen and oxygen atoms in total. The first-order valence-electron chi connectivity index (χ1n) is 11.9. The largest absolute Gasteiger partial charge is 0.443 e. The number of pyridine rings is 2. The molecule has 3 aromatic rings. The lowest BCUT2D eigenvalue weighted by Gasteiger charge is -2.26. The normalized spacial score (nSPS) is 11.8. The molecular formula is C27H29ClFN3O6S. The fraction of sp³-hybridized carbons (Fsp3) is 0.333. The Bertz CT molecular complexity index is 1610. The van der Waals surface area contributed by atoms with Crippen LogP contribution in [0.25, 0.3) is 11.1 Å². The van der Waals surface area contributed by atoms with Gasteiger partial charge in [-0.3, -0.25) is 14.5 Å². The zero-order chi connectivity index (χ0) is 29.3. The number of ketones is 1. The predicted octanol–water partition coefficient (Wildman–Crippen LogP) is 4.78. The number of nitrogens with zero attached hydrogens (tertiary/aromatic N) is 3. The zero-order valence-corrected chi connectivity index (χ0v) is 24.0. The zero-order valence-electron chi connectivity index (χ0n) is 22.4. The van der Waals surface area contributed by atoms with Crippen molar-refractivity contribution in [1.29, 1.82) is 0 Å². The average Bonchev–Trinajstić information content (AvgIpc) is 2.83. The van der Waals surface area contributed by atoms with Crippen molar-refractivity contribution in [1.82, 2.24) is 9.55 Å². The van der Waals surface area contributed by atoms with Gasteiger partial charge in [-0.1, -0.05) is 30.7 Å². The Morgan fingerprint density at radius 1 is 1.15 bits per heavy atom. The van der Waals surface area contributed by atoms with Gasteiger partial charge in [-0.25, -0.2) is 22.6 Å². The van der Waals surface area contributed by atoms with Gasteiger partial charge in [0.05, 0.1) is 22.7 Å². The molecule has 0 radical (unpaired) electrons. The number of hydrogen-bond acceptors (Lipinski definition) is 7. The van der Waals surface area contributed by atoms with Crippen LogP contribution in [0.1, 0.15) is 49.3 Å². The number of carbonyl (C=O) groups excluding carboxylic acids is 2. The topological polar surface area (TPSA) is 116 Å². The Morgan fingerprint density at radius 2 is 1.82 bits per heavy atom. The van der Waals surface area contributed by atoms with Gasteiger partial charge in [0.25, 0.3) is 5.56 Å². The molecular weight excluding hydrogens is 549 g/mol.